The average molecular weight is 340 g/mol. The number of hydrogen-bond donors (Lipinski definition) is 2. The highest BCUT2D eigenvalue weighted by molar-refractivity contribution is 5.53. The van der Waals surface area contributed by atoms with Gasteiger partial charge in [0, 0.05) is 38.1 Å². The van der Waals surface area contributed by atoms with Crippen molar-refractivity contribution in [1.29, 1.82) is 0 Å². The maximum absolute atomic E-state index is 5.87. The number of hydrogen-bond acceptors (Lipinski definition) is 6. The van der Waals surface area contributed by atoms with E-state index in [1.54, 1.807) is 19.4 Å². The lowest BCUT2D eigenvalue weighted by molar-refractivity contribution is 0.316. The molecule has 1 aromatic heterocycles. The molecule has 2 aliphatic rings. The van der Waals surface area contributed by atoms with Gasteiger partial charge < -0.3 is 25.0 Å². The van der Waals surface area contributed by atoms with Crippen LogP contribution in [0.3, 0.4) is 0 Å². The maximum Gasteiger partial charge on any atom is 0.213 e. The molecule has 1 aromatic carbocycles. The van der Waals surface area contributed by atoms with Gasteiger partial charge in [-0.15, -0.1) is 0 Å². The van der Waals surface area contributed by atoms with Crippen LogP contribution >= 0.6 is 0 Å². The van der Waals surface area contributed by atoms with Crippen molar-refractivity contribution in [1.82, 2.24) is 15.6 Å². The van der Waals surface area contributed by atoms with Crippen LogP contribution in [0.4, 0.5) is 5.69 Å². The van der Waals surface area contributed by atoms with Crippen LogP contribution in [0.2, 0.25) is 0 Å². The summed E-state index contributed by atoms with van der Waals surface area (Å²) in [6.07, 6.45) is 4.13. The first-order valence-electron chi connectivity index (χ1n) is 8.76. The van der Waals surface area contributed by atoms with Crippen molar-refractivity contribution in [3.8, 4) is 17.4 Å². The van der Waals surface area contributed by atoms with Gasteiger partial charge in [0.2, 0.25) is 5.88 Å². The molecule has 0 radical (unpaired) electrons. The van der Waals surface area contributed by atoms with Crippen LogP contribution in [-0.2, 0) is 0 Å². The lowest BCUT2D eigenvalue weighted by atomic mass is 9.94. The Morgan fingerprint density at radius 1 is 1.04 bits per heavy atom. The minimum Gasteiger partial charge on any atom is -0.481 e. The van der Waals surface area contributed by atoms with Crippen molar-refractivity contribution in [2.45, 2.75) is 18.4 Å². The third-order valence-corrected chi connectivity index (χ3v) is 5.06. The molecule has 1 spiro atoms. The molecule has 0 unspecified atom stereocenters. The molecule has 0 aliphatic carbocycles. The largest absolute Gasteiger partial charge is 0.481 e. The van der Waals surface area contributed by atoms with Gasteiger partial charge in [-0.25, -0.2) is 4.98 Å². The van der Waals surface area contributed by atoms with Gasteiger partial charge in [0.1, 0.15) is 11.5 Å². The van der Waals surface area contributed by atoms with E-state index in [9.17, 15) is 0 Å². The molecule has 0 saturated carbocycles. The number of rotatable bonds is 4. The van der Waals surface area contributed by atoms with E-state index < -0.39 is 0 Å². The lowest BCUT2D eigenvalue weighted by Gasteiger charge is -2.43. The summed E-state index contributed by atoms with van der Waals surface area (Å²) in [6, 6.07) is 12.0. The number of nitrogens with zero attached hydrogens (tertiary/aromatic N) is 2. The zero-order chi connectivity index (χ0) is 17.1. The quantitative estimate of drug-likeness (QED) is 0.891. The van der Waals surface area contributed by atoms with Gasteiger partial charge in [-0.1, -0.05) is 0 Å². The Balaban J connectivity index is 1.47. The molecule has 2 fully saturated rings. The standard InChI is InChI=1S/C19H24N4O2/c1-24-18-8-7-17(11-22-18)25-16-5-3-15(4-6-16)23-10-2-9-19(23)12-20-14-21-13-19/h3-8,11,20-21H,2,9-10,12-14H2,1H3. The first-order chi connectivity index (χ1) is 12.3. The van der Waals surface area contributed by atoms with Gasteiger partial charge in [-0.05, 0) is 43.2 Å². The summed E-state index contributed by atoms with van der Waals surface area (Å²) < 4.78 is 10.9. The molecule has 6 heteroatoms. The zero-order valence-electron chi connectivity index (χ0n) is 14.5. The third kappa shape index (κ3) is 3.27. The van der Waals surface area contributed by atoms with E-state index in [0.29, 0.717) is 11.6 Å². The normalized spacial score (nSPS) is 19.2. The van der Waals surface area contributed by atoms with E-state index in [1.165, 1.54) is 18.5 Å². The average Bonchev–Trinajstić information content (AvgIpc) is 3.06. The molecule has 6 nitrogen and oxygen atoms in total. The Hall–Kier alpha value is -2.31. The highest BCUT2D eigenvalue weighted by Gasteiger charge is 2.41. The minimum absolute atomic E-state index is 0.195. The van der Waals surface area contributed by atoms with Crippen molar-refractivity contribution >= 4 is 5.69 Å². The fraction of sp³-hybridized carbons (Fsp3) is 0.421. The van der Waals surface area contributed by atoms with E-state index in [-0.39, 0.29) is 5.54 Å². The monoisotopic (exact) mass is 340 g/mol. The van der Waals surface area contributed by atoms with Crippen LogP contribution in [0, 0.1) is 0 Å². The second-order valence-corrected chi connectivity index (χ2v) is 6.64. The summed E-state index contributed by atoms with van der Waals surface area (Å²) in [5.74, 6) is 2.09. The van der Waals surface area contributed by atoms with E-state index in [0.717, 1.165) is 32.1 Å². The van der Waals surface area contributed by atoms with E-state index in [1.807, 2.05) is 18.2 Å². The highest BCUT2D eigenvalue weighted by Crippen LogP contribution is 2.35. The maximum atomic E-state index is 5.87. The zero-order valence-corrected chi connectivity index (χ0v) is 14.5. The summed E-state index contributed by atoms with van der Waals surface area (Å²) in [4.78, 5) is 6.69. The Morgan fingerprint density at radius 2 is 1.80 bits per heavy atom. The number of methoxy groups -OCH3 is 1. The molecule has 0 bridgehead atoms. The van der Waals surface area contributed by atoms with Crippen LogP contribution in [0.15, 0.2) is 42.6 Å². The number of aromatic nitrogens is 1. The summed E-state index contributed by atoms with van der Waals surface area (Å²) in [6.45, 7) is 4.08. The van der Waals surface area contributed by atoms with Gasteiger partial charge in [-0.2, -0.15) is 0 Å². The topological polar surface area (TPSA) is 58.7 Å². The van der Waals surface area contributed by atoms with Crippen LogP contribution in [0.1, 0.15) is 12.8 Å². The molecular formula is C19H24N4O2. The Morgan fingerprint density at radius 3 is 2.48 bits per heavy atom. The number of ether oxygens (including phenoxy) is 2. The summed E-state index contributed by atoms with van der Waals surface area (Å²) in [5.41, 5.74) is 1.45. The predicted molar refractivity (Wildman–Crippen MR) is 97.5 cm³/mol. The molecule has 2 saturated heterocycles. The van der Waals surface area contributed by atoms with Gasteiger partial charge in [0.15, 0.2) is 0 Å². The van der Waals surface area contributed by atoms with E-state index in [4.69, 9.17) is 9.47 Å². The minimum atomic E-state index is 0.195. The fourth-order valence-electron chi connectivity index (χ4n) is 3.83. The first kappa shape index (κ1) is 16.2. The SMILES string of the molecule is COc1ccc(Oc2ccc(N3CCCC34CNCNC4)cc2)cn1. The van der Waals surface area contributed by atoms with Gasteiger partial charge in [0.05, 0.1) is 18.8 Å². The van der Waals surface area contributed by atoms with Crippen LogP contribution in [0.25, 0.3) is 0 Å². The summed E-state index contributed by atoms with van der Waals surface area (Å²) in [5, 5.41) is 6.95. The molecule has 3 heterocycles. The second-order valence-electron chi connectivity index (χ2n) is 6.64. The third-order valence-electron chi connectivity index (χ3n) is 5.06. The van der Waals surface area contributed by atoms with Gasteiger partial charge >= 0.3 is 0 Å². The number of pyridine rings is 1. The Bertz CT molecular complexity index is 696. The molecule has 132 valence electrons. The van der Waals surface area contributed by atoms with Crippen LogP contribution < -0.4 is 25.0 Å². The molecular weight excluding hydrogens is 316 g/mol. The van der Waals surface area contributed by atoms with Crippen molar-refractivity contribution in [2.75, 3.05) is 38.3 Å². The van der Waals surface area contributed by atoms with E-state index in [2.05, 4.69) is 32.7 Å². The molecule has 25 heavy (non-hydrogen) atoms. The Labute approximate surface area is 148 Å². The number of benzene rings is 1. The van der Waals surface area contributed by atoms with Crippen molar-refractivity contribution < 1.29 is 9.47 Å². The molecule has 2 aliphatic heterocycles. The smallest absolute Gasteiger partial charge is 0.213 e. The number of anilines is 1. The van der Waals surface area contributed by atoms with Crippen molar-refractivity contribution in [3.05, 3.63) is 42.6 Å². The van der Waals surface area contributed by atoms with Crippen molar-refractivity contribution in [2.24, 2.45) is 0 Å². The summed E-state index contributed by atoms with van der Waals surface area (Å²) in [7, 11) is 1.60. The summed E-state index contributed by atoms with van der Waals surface area (Å²) >= 11 is 0. The van der Waals surface area contributed by atoms with Gasteiger partial charge in [-0.3, -0.25) is 0 Å². The molecule has 2 aromatic rings. The predicted octanol–water partition coefficient (Wildman–Crippen LogP) is 2.37. The molecule has 0 atom stereocenters. The Kier molecular flexibility index (Phi) is 4.46. The second kappa shape index (κ2) is 6.90. The molecule has 2 N–H and O–H groups in total. The fourth-order valence-corrected chi connectivity index (χ4v) is 3.83. The van der Waals surface area contributed by atoms with Crippen molar-refractivity contribution in [3.63, 3.8) is 0 Å². The molecule has 0 amide bonds. The molecule has 4 rings (SSSR count). The first-order valence-corrected chi connectivity index (χ1v) is 8.76. The highest BCUT2D eigenvalue weighted by atomic mass is 16.5. The van der Waals surface area contributed by atoms with Crippen LogP contribution in [0.5, 0.6) is 17.4 Å². The van der Waals surface area contributed by atoms with E-state index >= 15 is 0 Å². The van der Waals surface area contributed by atoms with Gasteiger partial charge in [0.25, 0.3) is 0 Å². The lowest BCUT2D eigenvalue weighted by Crippen LogP contribution is -2.62. The van der Waals surface area contributed by atoms with Crippen LogP contribution in [-0.4, -0.2) is 43.9 Å². The number of nitrogens with one attached hydrogen (secondary N) is 2.